The minimum Gasteiger partial charge on any atom is -0.508 e. The highest BCUT2D eigenvalue weighted by molar-refractivity contribution is 6.08. The standard InChI is InChI=1S/C22H24O10/c1-30-17-8-11(2-6-14(25)13-5-4-12(24)9-15(13)26)3-7-16(17)31-22-21(29)20(28)19(27)18(10-23)32-22/h2-9,18-24,26-29H,10H2,1H3/t18-,19-,20-,21-,22-/m1/s1. The molecule has 0 aromatic heterocycles. The maximum absolute atomic E-state index is 12.3. The first kappa shape index (κ1) is 23.5. The molecule has 2 aromatic carbocycles. The average Bonchev–Trinajstić information content (AvgIpc) is 2.78. The molecular weight excluding hydrogens is 424 g/mol. The van der Waals surface area contributed by atoms with Crippen molar-refractivity contribution in [3.05, 3.63) is 53.6 Å². The fraction of sp³-hybridized carbons (Fsp3) is 0.318. The Balaban J connectivity index is 1.76. The van der Waals surface area contributed by atoms with E-state index >= 15 is 0 Å². The van der Waals surface area contributed by atoms with Gasteiger partial charge in [0.2, 0.25) is 6.29 Å². The molecule has 1 aliphatic rings. The van der Waals surface area contributed by atoms with E-state index in [0.29, 0.717) is 5.56 Å². The Morgan fingerprint density at radius 2 is 1.78 bits per heavy atom. The Hall–Kier alpha value is -3.15. The Labute approximate surface area is 183 Å². The first-order chi connectivity index (χ1) is 15.2. The number of hydrogen-bond acceptors (Lipinski definition) is 10. The quantitative estimate of drug-likeness (QED) is 0.254. The van der Waals surface area contributed by atoms with Gasteiger partial charge in [0.05, 0.1) is 19.3 Å². The molecule has 3 rings (SSSR count). The number of rotatable bonds is 7. The summed E-state index contributed by atoms with van der Waals surface area (Å²) in [6.45, 7) is -0.587. The van der Waals surface area contributed by atoms with E-state index in [0.717, 1.165) is 6.07 Å². The maximum Gasteiger partial charge on any atom is 0.229 e. The molecule has 0 bridgehead atoms. The van der Waals surface area contributed by atoms with Crippen LogP contribution in [-0.4, -0.2) is 80.8 Å². The van der Waals surface area contributed by atoms with Crippen molar-refractivity contribution in [2.45, 2.75) is 30.7 Å². The molecule has 0 amide bonds. The Kier molecular flexibility index (Phi) is 7.33. The number of benzene rings is 2. The molecule has 32 heavy (non-hydrogen) atoms. The number of carbonyl (C=O) groups excluding carboxylic acids is 1. The van der Waals surface area contributed by atoms with Gasteiger partial charge in [-0.3, -0.25) is 4.79 Å². The SMILES string of the molecule is COc1cc(C=CC(=O)c2ccc(O)cc2O)ccc1O[C@@H]1O[C@H](CO)[C@@H](O)[C@@H](O)[C@H]1O. The number of phenolic OH excluding ortho intramolecular Hbond substituents is 2. The number of ketones is 1. The summed E-state index contributed by atoms with van der Waals surface area (Å²) in [5.74, 6) is -0.619. The number of carbonyl (C=O) groups is 1. The molecule has 2 aromatic rings. The van der Waals surface area contributed by atoms with Gasteiger partial charge in [-0.15, -0.1) is 0 Å². The van der Waals surface area contributed by atoms with E-state index in [4.69, 9.17) is 14.2 Å². The Morgan fingerprint density at radius 1 is 1.03 bits per heavy atom. The first-order valence-corrected chi connectivity index (χ1v) is 9.64. The summed E-state index contributed by atoms with van der Waals surface area (Å²) in [6.07, 6.45) is -4.44. The molecule has 0 unspecified atom stereocenters. The predicted octanol–water partition coefficient (Wildman–Crippen LogP) is 0.181. The number of hydrogen-bond donors (Lipinski definition) is 6. The number of ether oxygens (including phenoxy) is 3. The van der Waals surface area contributed by atoms with E-state index in [-0.39, 0.29) is 28.6 Å². The summed E-state index contributed by atoms with van der Waals surface area (Å²) >= 11 is 0. The minimum absolute atomic E-state index is 0.0218. The maximum atomic E-state index is 12.3. The molecule has 0 aliphatic carbocycles. The lowest BCUT2D eigenvalue weighted by molar-refractivity contribution is -0.277. The van der Waals surface area contributed by atoms with Crippen LogP contribution in [0.2, 0.25) is 0 Å². The van der Waals surface area contributed by atoms with Crippen molar-refractivity contribution >= 4 is 11.9 Å². The molecule has 172 valence electrons. The van der Waals surface area contributed by atoms with Crippen molar-refractivity contribution in [1.82, 2.24) is 0 Å². The summed E-state index contributed by atoms with van der Waals surface area (Å²) in [4.78, 5) is 12.3. The van der Waals surface area contributed by atoms with Gasteiger partial charge in [-0.2, -0.15) is 0 Å². The van der Waals surface area contributed by atoms with E-state index in [1.54, 1.807) is 12.1 Å². The van der Waals surface area contributed by atoms with Crippen molar-refractivity contribution < 1.29 is 49.6 Å². The zero-order chi connectivity index (χ0) is 23.4. The molecule has 1 fully saturated rings. The minimum atomic E-state index is -1.58. The zero-order valence-electron chi connectivity index (χ0n) is 17.0. The average molecular weight is 448 g/mol. The molecule has 0 radical (unpaired) electrons. The third-order valence-corrected chi connectivity index (χ3v) is 4.95. The van der Waals surface area contributed by atoms with Gasteiger partial charge >= 0.3 is 0 Å². The second-order valence-corrected chi connectivity index (χ2v) is 7.12. The molecule has 0 spiro atoms. The fourth-order valence-electron chi connectivity index (χ4n) is 3.17. The van der Waals surface area contributed by atoms with Crippen LogP contribution in [0.3, 0.4) is 0 Å². The molecule has 1 aliphatic heterocycles. The van der Waals surface area contributed by atoms with Crippen LogP contribution < -0.4 is 9.47 Å². The molecule has 6 N–H and O–H groups in total. The van der Waals surface area contributed by atoms with Crippen LogP contribution >= 0.6 is 0 Å². The lowest BCUT2D eigenvalue weighted by Gasteiger charge is -2.39. The van der Waals surface area contributed by atoms with Crippen LogP contribution in [0.1, 0.15) is 15.9 Å². The summed E-state index contributed by atoms with van der Waals surface area (Å²) in [5, 5.41) is 58.3. The Morgan fingerprint density at radius 3 is 2.44 bits per heavy atom. The monoisotopic (exact) mass is 448 g/mol. The second kappa shape index (κ2) is 9.98. The second-order valence-electron chi connectivity index (χ2n) is 7.12. The molecule has 0 saturated carbocycles. The number of methoxy groups -OCH3 is 1. The van der Waals surface area contributed by atoms with Crippen LogP contribution in [-0.2, 0) is 4.74 Å². The largest absolute Gasteiger partial charge is 0.508 e. The van der Waals surface area contributed by atoms with Gasteiger partial charge in [-0.25, -0.2) is 0 Å². The highest BCUT2D eigenvalue weighted by Crippen LogP contribution is 2.32. The molecule has 5 atom stereocenters. The van der Waals surface area contributed by atoms with E-state index < -0.39 is 43.1 Å². The van der Waals surface area contributed by atoms with Crippen molar-refractivity contribution in [1.29, 1.82) is 0 Å². The van der Waals surface area contributed by atoms with Crippen LogP contribution in [0.4, 0.5) is 0 Å². The summed E-state index contributed by atoms with van der Waals surface area (Å²) < 4.78 is 16.2. The molecule has 10 nitrogen and oxygen atoms in total. The van der Waals surface area contributed by atoms with Crippen LogP contribution in [0.25, 0.3) is 6.08 Å². The summed E-state index contributed by atoms with van der Waals surface area (Å²) in [7, 11) is 1.38. The van der Waals surface area contributed by atoms with Crippen LogP contribution in [0.5, 0.6) is 23.0 Å². The topological polar surface area (TPSA) is 166 Å². The smallest absolute Gasteiger partial charge is 0.229 e. The van der Waals surface area contributed by atoms with Crippen molar-refractivity contribution in [3.8, 4) is 23.0 Å². The van der Waals surface area contributed by atoms with E-state index in [9.17, 15) is 35.4 Å². The first-order valence-electron chi connectivity index (χ1n) is 9.64. The van der Waals surface area contributed by atoms with Crippen molar-refractivity contribution in [2.24, 2.45) is 0 Å². The highest BCUT2D eigenvalue weighted by atomic mass is 16.7. The van der Waals surface area contributed by atoms with E-state index in [1.165, 1.54) is 37.5 Å². The van der Waals surface area contributed by atoms with Crippen LogP contribution in [0, 0.1) is 0 Å². The summed E-state index contributed by atoms with van der Waals surface area (Å²) in [5.41, 5.74) is 0.572. The zero-order valence-corrected chi connectivity index (χ0v) is 17.0. The Bertz CT molecular complexity index is 987. The molecule has 1 saturated heterocycles. The van der Waals surface area contributed by atoms with Gasteiger partial charge in [0.15, 0.2) is 17.3 Å². The molecule has 1 heterocycles. The number of aliphatic hydroxyl groups excluding tert-OH is 4. The summed E-state index contributed by atoms with van der Waals surface area (Å²) in [6, 6.07) is 8.27. The molecule has 10 heteroatoms. The van der Waals surface area contributed by atoms with Gasteiger partial charge in [-0.05, 0) is 35.9 Å². The number of aromatic hydroxyl groups is 2. The van der Waals surface area contributed by atoms with E-state index in [2.05, 4.69) is 0 Å². The van der Waals surface area contributed by atoms with Gasteiger partial charge in [-0.1, -0.05) is 12.1 Å². The third-order valence-electron chi connectivity index (χ3n) is 4.95. The lowest BCUT2D eigenvalue weighted by Crippen LogP contribution is -2.60. The lowest BCUT2D eigenvalue weighted by atomic mass is 9.99. The van der Waals surface area contributed by atoms with Gasteiger partial charge in [0, 0.05) is 6.07 Å². The van der Waals surface area contributed by atoms with Gasteiger partial charge in [0.1, 0.15) is 35.9 Å². The van der Waals surface area contributed by atoms with Gasteiger partial charge < -0.3 is 44.8 Å². The predicted molar refractivity (Wildman–Crippen MR) is 111 cm³/mol. The number of phenols is 2. The van der Waals surface area contributed by atoms with Gasteiger partial charge in [0.25, 0.3) is 0 Å². The number of aliphatic hydroxyl groups is 4. The third kappa shape index (κ3) is 5.01. The number of allylic oxidation sites excluding steroid dienone is 1. The van der Waals surface area contributed by atoms with Crippen molar-refractivity contribution in [2.75, 3.05) is 13.7 Å². The van der Waals surface area contributed by atoms with E-state index in [1.807, 2.05) is 0 Å². The van der Waals surface area contributed by atoms with Crippen molar-refractivity contribution in [3.63, 3.8) is 0 Å². The fourth-order valence-corrected chi connectivity index (χ4v) is 3.17. The highest BCUT2D eigenvalue weighted by Gasteiger charge is 2.44. The van der Waals surface area contributed by atoms with Crippen LogP contribution in [0.15, 0.2) is 42.5 Å². The normalized spacial score (nSPS) is 25.6. The molecular formula is C22H24O10.